The standard InChI is InChI=1S/C64H51N3/c1-42-40-46-18-15-19-47(41-42)64(46)54-24-9-14-29-60(54)67-59-28-13-8-23-53(59)62-61(39-38-55(64)63(62)67)65(48-34-30-44(31-35-48)43-16-3-2-4-17-43)49-36-32-45(33-37-49)50-20-5-10-25-56(50)66-57-26-11-6-21-51(57)52-22-7-12-27-58(52)66/h2-14,16-17,20-39,42,46-47H,15,18-19,40-41H2,1H3/t42-,46+,47-,64?. The second-order valence-electron chi connectivity index (χ2n) is 19.7. The number of rotatable bonds is 6. The summed E-state index contributed by atoms with van der Waals surface area (Å²) < 4.78 is 5.09. The number of fused-ring (bicyclic) bond motifs is 8. The third-order valence-corrected chi connectivity index (χ3v) is 16.2. The summed E-state index contributed by atoms with van der Waals surface area (Å²) in [4.78, 5) is 2.53. The van der Waals surface area contributed by atoms with Crippen molar-refractivity contribution in [3.05, 3.63) is 223 Å². The fraction of sp³-hybridized carbons (Fsp3) is 0.156. The number of aromatic nitrogens is 2. The van der Waals surface area contributed by atoms with Crippen molar-refractivity contribution in [1.29, 1.82) is 0 Å². The lowest BCUT2D eigenvalue weighted by atomic mass is 9.47. The topological polar surface area (TPSA) is 13.1 Å². The largest absolute Gasteiger partial charge is 0.310 e. The van der Waals surface area contributed by atoms with Crippen molar-refractivity contribution in [3.63, 3.8) is 0 Å². The van der Waals surface area contributed by atoms with Gasteiger partial charge in [-0.25, -0.2) is 0 Å². The molecule has 14 rings (SSSR count). The molecule has 2 aliphatic carbocycles. The summed E-state index contributed by atoms with van der Waals surface area (Å²) in [6.45, 7) is 2.51. The highest BCUT2D eigenvalue weighted by molar-refractivity contribution is 6.18. The quantitative estimate of drug-likeness (QED) is 0.162. The van der Waals surface area contributed by atoms with Crippen molar-refractivity contribution in [2.24, 2.45) is 17.8 Å². The third-order valence-electron chi connectivity index (χ3n) is 16.2. The zero-order valence-electron chi connectivity index (χ0n) is 37.8. The molecule has 2 bridgehead atoms. The fourth-order valence-corrected chi connectivity index (χ4v) is 13.7. The second-order valence-corrected chi connectivity index (χ2v) is 19.7. The first-order valence-electron chi connectivity index (χ1n) is 24.5. The Labute approximate surface area is 392 Å². The van der Waals surface area contributed by atoms with Crippen LogP contribution in [0.25, 0.3) is 77.2 Å². The summed E-state index contributed by atoms with van der Waals surface area (Å²) in [5, 5.41) is 5.18. The predicted octanol–water partition coefficient (Wildman–Crippen LogP) is 17.1. The molecule has 9 aromatic carbocycles. The van der Waals surface area contributed by atoms with Gasteiger partial charge in [-0.2, -0.15) is 0 Å². The number of anilines is 3. The Bertz CT molecular complexity index is 3640. The summed E-state index contributed by atoms with van der Waals surface area (Å²) in [6, 6.07) is 79.6. The van der Waals surface area contributed by atoms with Crippen LogP contribution in [0.15, 0.2) is 212 Å². The van der Waals surface area contributed by atoms with E-state index in [1.807, 2.05) is 0 Å². The van der Waals surface area contributed by atoms with Crippen LogP contribution in [0.4, 0.5) is 17.1 Å². The van der Waals surface area contributed by atoms with Crippen LogP contribution in [-0.2, 0) is 5.41 Å². The van der Waals surface area contributed by atoms with Gasteiger partial charge < -0.3 is 14.0 Å². The van der Waals surface area contributed by atoms with E-state index in [0.29, 0.717) is 11.8 Å². The maximum absolute atomic E-state index is 2.64. The van der Waals surface area contributed by atoms with Crippen molar-refractivity contribution in [3.8, 4) is 33.6 Å². The van der Waals surface area contributed by atoms with Crippen molar-refractivity contribution < 1.29 is 0 Å². The minimum Gasteiger partial charge on any atom is -0.310 e. The number of hydrogen-bond acceptors (Lipinski definition) is 1. The van der Waals surface area contributed by atoms with Gasteiger partial charge in [0.25, 0.3) is 0 Å². The zero-order valence-corrected chi connectivity index (χ0v) is 37.8. The molecule has 3 heterocycles. The molecule has 322 valence electrons. The Hall–Kier alpha value is -7.62. The maximum Gasteiger partial charge on any atom is 0.0603 e. The fourth-order valence-electron chi connectivity index (χ4n) is 13.7. The van der Waals surface area contributed by atoms with Crippen LogP contribution in [0.5, 0.6) is 0 Å². The van der Waals surface area contributed by atoms with Gasteiger partial charge in [-0.1, -0.05) is 165 Å². The summed E-state index contributed by atoms with van der Waals surface area (Å²) in [5.41, 5.74) is 19.0. The van der Waals surface area contributed by atoms with Crippen LogP contribution in [0.2, 0.25) is 0 Å². The summed E-state index contributed by atoms with van der Waals surface area (Å²) >= 11 is 0. The lowest BCUT2D eigenvalue weighted by Gasteiger charge is -2.57. The summed E-state index contributed by atoms with van der Waals surface area (Å²) in [7, 11) is 0. The predicted molar refractivity (Wildman–Crippen MR) is 281 cm³/mol. The molecule has 0 radical (unpaired) electrons. The number of nitrogens with zero attached hydrogens (tertiary/aromatic N) is 3. The van der Waals surface area contributed by atoms with Gasteiger partial charge in [0, 0.05) is 43.9 Å². The second kappa shape index (κ2) is 15.0. The SMILES string of the molecule is C[C@H]1C[C@H]2CCC[C@@H](C1)C21c2ccccc2-n2c3ccccc3c3c(N(c4ccc(-c5ccccc5)cc4)c4ccc(-c5ccccc5-n5c6ccccc6c6ccccc65)cc4)ccc1c32. The van der Waals surface area contributed by atoms with Crippen LogP contribution >= 0.6 is 0 Å². The minimum atomic E-state index is -0.00389. The molecule has 67 heavy (non-hydrogen) atoms. The van der Waals surface area contributed by atoms with Crippen LogP contribution in [0.3, 0.4) is 0 Å². The first-order chi connectivity index (χ1) is 33.2. The average Bonchev–Trinajstić information content (AvgIpc) is 3.91. The van der Waals surface area contributed by atoms with Crippen molar-refractivity contribution in [2.75, 3.05) is 4.90 Å². The van der Waals surface area contributed by atoms with E-state index in [1.54, 1.807) is 11.1 Å². The molecule has 2 aromatic heterocycles. The Morgan fingerprint density at radius 1 is 0.433 bits per heavy atom. The lowest BCUT2D eigenvalue weighted by Crippen LogP contribution is -2.52. The normalized spacial score (nSPS) is 19.6. The number of hydrogen-bond donors (Lipinski definition) is 0. The molecule has 1 unspecified atom stereocenters. The molecule has 1 aliphatic heterocycles. The highest BCUT2D eigenvalue weighted by Crippen LogP contribution is 2.64. The monoisotopic (exact) mass is 861 g/mol. The summed E-state index contributed by atoms with van der Waals surface area (Å²) in [5.74, 6) is 2.00. The van der Waals surface area contributed by atoms with E-state index in [-0.39, 0.29) is 5.41 Å². The van der Waals surface area contributed by atoms with E-state index in [1.165, 1.54) is 115 Å². The molecule has 0 N–H and O–H groups in total. The minimum absolute atomic E-state index is 0.00389. The molecule has 2 saturated carbocycles. The van der Waals surface area contributed by atoms with Gasteiger partial charge >= 0.3 is 0 Å². The third kappa shape index (κ3) is 5.58. The molecule has 0 saturated heterocycles. The zero-order chi connectivity index (χ0) is 44.2. The first-order valence-corrected chi connectivity index (χ1v) is 24.5. The highest BCUT2D eigenvalue weighted by Gasteiger charge is 2.56. The molecule has 4 atom stereocenters. The maximum atomic E-state index is 2.64. The van der Waals surface area contributed by atoms with Gasteiger partial charge in [0.2, 0.25) is 0 Å². The van der Waals surface area contributed by atoms with E-state index in [4.69, 9.17) is 0 Å². The molecule has 3 heteroatoms. The van der Waals surface area contributed by atoms with Crippen molar-refractivity contribution >= 4 is 60.7 Å². The van der Waals surface area contributed by atoms with E-state index in [2.05, 4.69) is 233 Å². The molecular weight excluding hydrogens is 811 g/mol. The van der Waals surface area contributed by atoms with Gasteiger partial charge in [-0.15, -0.1) is 0 Å². The molecular formula is C64H51N3. The average molecular weight is 862 g/mol. The van der Waals surface area contributed by atoms with Gasteiger partial charge in [-0.05, 0) is 132 Å². The van der Waals surface area contributed by atoms with Crippen LogP contribution < -0.4 is 4.90 Å². The van der Waals surface area contributed by atoms with E-state index < -0.39 is 0 Å². The Morgan fingerprint density at radius 3 is 1.63 bits per heavy atom. The van der Waals surface area contributed by atoms with Crippen LogP contribution in [0.1, 0.15) is 50.2 Å². The van der Waals surface area contributed by atoms with Crippen LogP contribution in [-0.4, -0.2) is 9.13 Å². The molecule has 3 nitrogen and oxygen atoms in total. The van der Waals surface area contributed by atoms with E-state index in [9.17, 15) is 0 Å². The van der Waals surface area contributed by atoms with Crippen LogP contribution in [0, 0.1) is 17.8 Å². The highest BCUT2D eigenvalue weighted by atomic mass is 15.1. The Balaban J connectivity index is 0.991. The number of para-hydroxylation sites is 5. The smallest absolute Gasteiger partial charge is 0.0603 e. The van der Waals surface area contributed by atoms with E-state index >= 15 is 0 Å². The molecule has 1 spiro atoms. The van der Waals surface area contributed by atoms with Gasteiger partial charge in [0.1, 0.15) is 0 Å². The van der Waals surface area contributed by atoms with Gasteiger partial charge in [0.15, 0.2) is 0 Å². The molecule has 2 fully saturated rings. The Kier molecular flexibility index (Phi) is 8.62. The van der Waals surface area contributed by atoms with Gasteiger partial charge in [0.05, 0.1) is 39.1 Å². The Morgan fingerprint density at radius 2 is 0.955 bits per heavy atom. The van der Waals surface area contributed by atoms with Gasteiger partial charge in [-0.3, -0.25) is 0 Å². The first kappa shape index (κ1) is 38.6. The van der Waals surface area contributed by atoms with E-state index in [0.717, 1.165) is 17.3 Å². The lowest BCUT2D eigenvalue weighted by molar-refractivity contribution is 0.0532. The molecule has 3 aliphatic rings. The number of benzene rings is 9. The van der Waals surface area contributed by atoms with Crippen molar-refractivity contribution in [2.45, 2.75) is 44.4 Å². The molecule has 0 amide bonds. The van der Waals surface area contributed by atoms with Crippen molar-refractivity contribution in [1.82, 2.24) is 9.13 Å². The summed E-state index contributed by atoms with van der Waals surface area (Å²) in [6.07, 6.45) is 6.51. The molecule has 11 aromatic rings.